The molecule has 0 N–H and O–H groups in total. The average molecular weight is 394 g/mol. The molecule has 0 unspecified atom stereocenters. The number of rotatable bonds is 8. The van der Waals surface area contributed by atoms with Gasteiger partial charge in [-0.2, -0.15) is 0 Å². The summed E-state index contributed by atoms with van der Waals surface area (Å²) in [7, 11) is 0. The monoisotopic (exact) mass is 393 g/mol. The quantitative estimate of drug-likeness (QED) is 0.402. The highest BCUT2D eigenvalue weighted by Crippen LogP contribution is 2.29. The van der Waals surface area contributed by atoms with Crippen LogP contribution in [-0.2, 0) is 13.0 Å². The highest BCUT2D eigenvalue weighted by Gasteiger charge is 2.07. The van der Waals surface area contributed by atoms with Crippen LogP contribution in [0.5, 0.6) is 11.5 Å². The number of benzene rings is 3. The Balaban J connectivity index is 1.73. The van der Waals surface area contributed by atoms with Gasteiger partial charge < -0.3 is 9.47 Å². The third-order valence-corrected chi connectivity index (χ3v) is 4.49. The first kappa shape index (κ1) is 20.0. The van der Waals surface area contributed by atoms with E-state index in [1.165, 1.54) is 5.56 Å². The Labute approximate surface area is 171 Å². The van der Waals surface area contributed by atoms with E-state index in [0.29, 0.717) is 29.7 Å². The highest BCUT2D eigenvalue weighted by molar-refractivity contribution is 6.30. The van der Waals surface area contributed by atoms with Gasteiger partial charge in [-0.15, -0.1) is 0 Å². The van der Waals surface area contributed by atoms with Gasteiger partial charge in [-0.3, -0.25) is 4.99 Å². The molecule has 0 aliphatic heterocycles. The summed E-state index contributed by atoms with van der Waals surface area (Å²) in [6.45, 7) is 5.09. The van der Waals surface area contributed by atoms with Crippen molar-refractivity contribution in [2.75, 3.05) is 6.61 Å². The first-order valence-corrected chi connectivity index (χ1v) is 9.83. The van der Waals surface area contributed by atoms with E-state index in [2.05, 4.69) is 24.0 Å². The predicted molar refractivity (Wildman–Crippen MR) is 116 cm³/mol. The summed E-state index contributed by atoms with van der Waals surface area (Å²) >= 11 is 6.04. The summed E-state index contributed by atoms with van der Waals surface area (Å²) in [5, 5.41) is 0.699. The standard InChI is InChI=1S/C24H24ClNO2/c1-3-18-8-11-22(12-9-18)26-16-19-10-13-23(24(15-19)27-4-2)28-17-20-6-5-7-21(25)14-20/h5-16H,3-4,17H2,1-2H3. The molecule has 4 heteroatoms. The van der Waals surface area contributed by atoms with Crippen molar-refractivity contribution in [3.8, 4) is 11.5 Å². The molecule has 0 aliphatic rings. The number of aliphatic imine (C=N–C) groups is 1. The molecule has 0 aliphatic carbocycles. The Kier molecular flexibility index (Phi) is 7.10. The zero-order valence-electron chi connectivity index (χ0n) is 16.2. The lowest BCUT2D eigenvalue weighted by Crippen LogP contribution is -2.00. The molecule has 3 nitrogen and oxygen atoms in total. The van der Waals surface area contributed by atoms with Gasteiger partial charge in [0.2, 0.25) is 0 Å². The molecular formula is C24H24ClNO2. The number of halogens is 1. The maximum absolute atomic E-state index is 6.04. The number of aryl methyl sites for hydroxylation is 1. The molecule has 28 heavy (non-hydrogen) atoms. The maximum atomic E-state index is 6.04. The summed E-state index contributed by atoms with van der Waals surface area (Å²) in [6, 6.07) is 21.7. The highest BCUT2D eigenvalue weighted by atomic mass is 35.5. The van der Waals surface area contributed by atoms with Crippen LogP contribution in [0.1, 0.15) is 30.5 Å². The number of nitrogens with zero attached hydrogens (tertiary/aromatic N) is 1. The third-order valence-electron chi connectivity index (χ3n) is 4.26. The van der Waals surface area contributed by atoms with Crippen LogP contribution in [0.4, 0.5) is 5.69 Å². The van der Waals surface area contributed by atoms with E-state index in [1.807, 2.05) is 67.7 Å². The van der Waals surface area contributed by atoms with Crippen LogP contribution in [0.3, 0.4) is 0 Å². The molecule has 0 atom stereocenters. The lowest BCUT2D eigenvalue weighted by atomic mass is 10.1. The molecule has 0 saturated carbocycles. The van der Waals surface area contributed by atoms with Gasteiger partial charge in [-0.1, -0.05) is 42.8 Å². The molecule has 144 valence electrons. The predicted octanol–water partition coefficient (Wildman–Crippen LogP) is 6.63. The van der Waals surface area contributed by atoms with E-state index in [1.54, 1.807) is 0 Å². The Hall–Kier alpha value is -2.78. The zero-order chi connectivity index (χ0) is 19.8. The Morgan fingerprint density at radius 3 is 2.39 bits per heavy atom. The van der Waals surface area contributed by atoms with E-state index in [4.69, 9.17) is 21.1 Å². The second-order valence-electron chi connectivity index (χ2n) is 6.34. The molecule has 0 spiro atoms. The van der Waals surface area contributed by atoms with Gasteiger partial charge in [-0.05, 0) is 72.5 Å². The van der Waals surface area contributed by atoms with Crippen LogP contribution in [0.15, 0.2) is 71.7 Å². The first-order valence-electron chi connectivity index (χ1n) is 9.45. The summed E-state index contributed by atoms with van der Waals surface area (Å²) in [6.07, 6.45) is 2.86. The molecule has 3 rings (SSSR count). The maximum Gasteiger partial charge on any atom is 0.161 e. The summed E-state index contributed by atoms with van der Waals surface area (Å²) < 4.78 is 11.7. The fourth-order valence-electron chi connectivity index (χ4n) is 2.75. The molecule has 0 bridgehead atoms. The Morgan fingerprint density at radius 2 is 1.68 bits per heavy atom. The average Bonchev–Trinajstić information content (AvgIpc) is 2.72. The van der Waals surface area contributed by atoms with E-state index >= 15 is 0 Å². The molecule has 0 radical (unpaired) electrons. The normalized spacial score (nSPS) is 11.0. The molecule has 3 aromatic rings. The minimum absolute atomic E-state index is 0.428. The van der Waals surface area contributed by atoms with E-state index in [9.17, 15) is 0 Å². The van der Waals surface area contributed by atoms with Crippen molar-refractivity contribution >= 4 is 23.5 Å². The Morgan fingerprint density at radius 1 is 0.857 bits per heavy atom. The number of hydrogen-bond acceptors (Lipinski definition) is 3. The summed E-state index contributed by atoms with van der Waals surface area (Å²) in [5.41, 5.74) is 4.20. The van der Waals surface area contributed by atoms with Crippen LogP contribution in [0.25, 0.3) is 0 Å². The number of hydrogen-bond donors (Lipinski definition) is 0. The van der Waals surface area contributed by atoms with Crippen molar-refractivity contribution < 1.29 is 9.47 Å². The molecule has 3 aromatic carbocycles. The molecule has 0 aromatic heterocycles. The van der Waals surface area contributed by atoms with E-state index < -0.39 is 0 Å². The minimum Gasteiger partial charge on any atom is -0.490 e. The van der Waals surface area contributed by atoms with Crippen molar-refractivity contribution in [1.82, 2.24) is 0 Å². The molecule has 0 saturated heterocycles. The van der Waals surface area contributed by atoms with Crippen molar-refractivity contribution in [3.63, 3.8) is 0 Å². The van der Waals surface area contributed by atoms with E-state index in [0.717, 1.165) is 23.2 Å². The van der Waals surface area contributed by atoms with Crippen LogP contribution < -0.4 is 9.47 Å². The fraction of sp³-hybridized carbons (Fsp3) is 0.208. The van der Waals surface area contributed by atoms with Gasteiger partial charge in [0.15, 0.2) is 11.5 Å². The first-order chi connectivity index (χ1) is 13.7. The van der Waals surface area contributed by atoms with Gasteiger partial charge in [0.1, 0.15) is 6.61 Å². The lowest BCUT2D eigenvalue weighted by Gasteiger charge is -2.13. The van der Waals surface area contributed by atoms with E-state index in [-0.39, 0.29) is 0 Å². The van der Waals surface area contributed by atoms with Crippen LogP contribution in [0.2, 0.25) is 5.02 Å². The van der Waals surface area contributed by atoms with Crippen molar-refractivity contribution in [1.29, 1.82) is 0 Å². The van der Waals surface area contributed by atoms with Gasteiger partial charge in [0.25, 0.3) is 0 Å². The second-order valence-corrected chi connectivity index (χ2v) is 6.77. The molecule has 0 amide bonds. The summed E-state index contributed by atoms with van der Waals surface area (Å²) in [5.74, 6) is 1.40. The van der Waals surface area contributed by atoms with Gasteiger partial charge >= 0.3 is 0 Å². The lowest BCUT2D eigenvalue weighted by molar-refractivity contribution is 0.269. The van der Waals surface area contributed by atoms with Crippen LogP contribution in [0, 0.1) is 0 Å². The topological polar surface area (TPSA) is 30.8 Å². The molecular weight excluding hydrogens is 370 g/mol. The van der Waals surface area contributed by atoms with Crippen molar-refractivity contribution in [2.45, 2.75) is 26.9 Å². The van der Waals surface area contributed by atoms with Gasteiger partial charge in [-0.25, -0.2) is 0 Å². The largest absolute Gasteiger partial charge is 0.490 e. The second kappa shape index (κ2) is 9.95. The van der Waals surface area contributed by atoms with Crippen LogP contribution >= 0.6 is 11.6 Å². The zero-order valence-corrected chi connectivity index (χ0v) is 16.9. The van der Waals surface area contributed by atoms with Crippen molar-refractivity contribution in [2.24, 2.45) is 4.99 Å². The molecule has 0 fully saturated rings. The molecule has 0 heterocycles. The Bertz CT molecular complexity index is 936. The van der Waals surface area contributed by atoms with Gasteiger partial charge in [0.05, 0.1) is 12.3 Å². The minimum atomic E-state index is 0.428. The SMILES string of the molecule is CCOc1cc(C=Nc2ccc(CC)cc2)ccc1OCc1cccc(Cl)c1. The smallest absolute Gasteiger partial charge is 0.161 e. The third kappa shape index (κ3) is 5.61. The van der Waals surface area contributed by atoms with Gasteiger partial charge in [0, 0.05) is 11.2 Å². The van der Waals surface area contributed by atoms with Crippen LogP contribution in [-0.4, -0.2) is 12.8 Å². The van der Waals surface area contributed by atoms with Crippen molar-refractivity contribution in [3.05, 3.63) is 88.4 Å². The summed E-state index contributed by atoms with van der Waals surface area (Å²) in [4.78, 5) is 4.55. The fourth-order valence-corrected chi connectivity index (χ4v) is 2.96. The number of ether oxygens (including phenoxy) is 2.